The smallest absolute Gasteiger partial charge is 0.409 e. The third kappa shape index (κ3) is 5.85. The van der Waals surface area contributed by atoms with Gasteiger partial charge in [-0.15, -0.1) is 0 Å². The Morgan fingerprint density at radius 1 is 1.10 bits per heavy atom. The zero-order valence-corrected chi connectivity index (χ0v) is 21.7. The lowest BCUT2D eigenvalue weighted by Crippen LogP contribution is -2.38. The van der Waals surface area contributed by atoms with E-state index < -0.39 is 12.5 Å². The SMILES string of the molecule is C=C1/C=C\C=C/CC(COC(=O)N2CCC(c3ccc4ncn(CC(=O)O)c(=O)c4c3)CC2)c2ccccc21. The van der Waals surface area contributed by atoms with E-state index in [9.17, 15) is 14.4 Å². The largest absolute Gasteiger partial charge is 0.480 e. The molecule has 1 aliphatic carbocycles. The fourth-order valence-corrected chi connectivity index (χ4v) is 5.36. The molecule has 5 rings (SSSR count). The topological polar surface area (TPSA) is 102 Å². The van der Waals surface area contributed by atoms with Crippen LogP contribution in [0.4, 0.5) is 4.79 Å². The van der Waals surface area contributed by atoms with Gasteiger partial charge in [0.2, 0.25) is 0 Å². The molecule has 1 N–H and O–H groups in total. The molecule has 0 bridgehead atoms. The van der Waals surface area contributed by atoms with Crippen molar-refractivity contribution in [1.29, 1.82) is 0 Å². The maximum Gasteiger partial charge on any atom is 0.409 e. The Labute approximate surface area is 226 Å². The number of carboxylic acids is 1. The van der Waals surface area contributed by atoms with Gasteiger partial charge < -0.3 is 14.7 Å². The number of nitrogens with zero attached hydrogens (tertiary/aromatic N) is 3. The molecule has 200 valence electrons. The number of carbonyl (C=O) groups excluding carboxylic acids is 1. The van der Waals surface area contributed by atoms with Gasteiger partial charge in [-0.2, -0.15) is 0 Å². The predicted molar refractivity (Wildman–Crippen MR) is 150 cm³/mol. The number of amides is 1. The highest BCUT2D eigenvalue weighted by atomic mass is 16.6. The summed E-state index contributed by atoms with van der Waals surface area (Å²) in [6, 6.07) is 13.7. The monoisotopic (exact) mass is 525 g/mol. The summed E-state index contributed by atoms with van der Waals surface area (Å²) in [5.74, 6) is -0.885. The quantitative estimate of drug-likeness (QED) is 0.497. The highest BCUT2D eigenvalue weighted by Crippen LogP contribution is 2.32. The van der Waals surface area contributed by atoms with E-state index >= 15 is 0 Å². The molecular weight excluding hydrogens is 494 g/mol. The third-order valence-electron chi connectivity index (χ3n) is 7.50. The molecule has 3 aromatic rings. The van der Waals surface area contributed by atoms with Crippen LogP contribution < -0.4 is 5.56 Å². The van der Waals surface area contributed by atoms with Gasteiger partial charge in [-0.05, 0) is 59.6 Å². The molecule has 1 aromatic heterocycles. The van der Waals surface area contributed by atoms with E-state index in [-0.39, 0.29) is 30.1 Å². The number of aromatic nitrogens is 2. The van der Waals surface area contributed by atoms with Crippen LogP contribution in [0.2, 0.25) is 0 Å². The first-order valence-corrected chi connectivity index (χ1v) is 13.1. The van der Waals surface area contributed by atoms with Gasteiger partial charge in [-0.1, -0.05) is 61.2 Å². The first-order valence-electron chi connectivity index (χ1n) is 13.1. The van der Waals surface area contributed by atoms with Crippen LogP contribution in [-0.2, 0) is 16.1 Å². The molecule has 0 radical (unpaired) electrons. The van der Waals surface area contributed by atoms with Crippen LogP contribution in [0.3, 0.4) is 0 Å². The first-order chi connectivity index (χ1) is 18.9. The molecule has 2 heterocycles. The lowest BCUT2D eigenvalue weighted by molar-refractivity contribution is -0.137. The van der Waals surface area contributed by atoms with Crippen LogP contribution in [-0.4, -0.2) is 51.3 Å². The standard InChI is InChI=1S/C31H31N3O5/c1-21-7-3-2-4-8-24(26-10-6-5-9-25(21)26)19-39-31(38)33-15-13-22(14-16-33)23-11-12-28-27(17-23)30(37)34(20-32-28)18-29(35)36/h2-7,9-12,17,20,22,24H,1,8,13-16,18-19H2,(H,35,36)/b4-2-,7-3-. The molecule has 1 unspecified atom stereocenters. The number of fused-ring (bicyclic) bond motifs is 2. The number of rotatable bonds is 5. The van der Waals surface area contributed by atoms with E-state index in [4.69, 9.17) is 9.84 Å². The van der Waals surface area contributed by atoms with Gasteiger partial charge >= 0.3 is 12.1 Å². The van der Waals surface area contributed by atoms with Crippen molar-refractivity contribution < 1.29 is 19.4 Å². The van der Waals surface area contributed by atoms with Crippen molar-refractivity contribution in [2.45, 2.75) is 37.6 Å². The van der Waals surface area contributed by atoms with Gasteiger partial charge in [0.15, 0.2) is 0 Å². The fourth-order valence-electron chi connectivity index (χ4n) is 5.36. The summed E-state index contributed by atoms with van der Waals surface area (Å²) < 4.78 is 6.91. The Kier molecular flexibility index (Phi) is 7.72. The van der Waals surface area contributed by atoms with E-state index in [1.807, 2.05) is 42.5 Å². The maximum absolute atomic E-state index is 13.0. The maximum atomic E-state index is 13.0. The highest BCUT2D eigenvalue weighted by molar-refractivity contribution is 5.79. The first kappa shape index (κ1) is 26.2. The van der Waals surface area contributed by atoms with E-state index in [2.05, 4.69) is 29.8 Å². The lowest BCUT2D eigenvalue weighted by atomic mass is 9.89. The van der Waals surface area contributed by atoms with E-state index in [0.717, 1.165) is 46.1 Å². The molecule has 8 nitrogen and oxygen atoms in total. The van der Waals surface area contributed by atoms with Gasteiger partial charge in [0.05, 0.1) is 17.2 Å². The van der Waals surface area contributed by atoms with Crippen molar-refractivity contribution in [1.82, 2.24) is 14.5 Å². The number of carboxylic acid groups (broad SMARTS) is 1. The Hall–Kier alpha value is -4.46. The highest BCUT2D eigenvalue weighted by Gasteiger charge is 2.26. The minimum absolute atomic E-state index is 0.0342. The summed E-state index contributed by atoms with van der Waals surface area (Å²) >= 11 is 0. The van der Waals surface area contributed by atoms with Gasteiger partial charge in [0.25, 0.3) is 5.56 Å². The summed E-state index contributed by atoms with van der Waals surface area (Å²) in [5.41, 5.74) is 4.28. The fraction of sp³-hybridized carbons (Fsp3) is 0.290. The Morgan fingerprint density at radius 2 is 1.90 bits per heavy atom. The Bertz CT molecular complexity index is 1530. The van der Waals surface area contributed by atoms with Gasteiger partial charge in [-0.3, -0.25) is 14.2 Å². The van der Waals surface area contributed by atoms with Crippen molar-refractivity contribution in [3.63, 3.8) is 0 Å². The average molecular weight is 526 g/mol. The van der Waals surface area contributed by atoms with Gasteiger partial charge in [-0.25, -0.2) is 9.78 Å². The number of piperidine rings is 1. The van der Waals surface area contributed by atoms with Gasteiger partial charge in [0.1, 0.15) is 13.2 Å². The number of carbonyl (C=O) groups is 2. The third-order valence-corrected chi connectivity index (χ3v) is 7.50. The second kappa shape index (κ2) is 11.5. The summed E-state index contributed by atoms with van der Waals surface area (Å²) in [5, 5.41) is 9.46. The van der Waals surface area contributed by atoms with Crippen LogP contribution in [0.1, 0.15) is 47.8 Å². The number of aliphatic carboxylic acids is 1. The Morgan fingerprint density at radius 3 is 2.69 bits per heavy atom. The Balaban J connectivity index is 1.22. The van der Waals surface area contributed by atoms with E-state index in [0.29, 0.717) is 24.0 Å². The molecule has 1 saturated heterocycles. The second-order valence-corrected chi connectivity index (χ2v) is 10.0. The minimum atomic E-state index is -1.10. The number of likely N-dealkylation sites (tertiary alicyclic amines) is 1. The molecule has 0 spiro atoms. The molecule has 1 amide bonds. The number of ether oxygens (including phenoxy) is 1. The van der Waals surface area contributed by atoms with Crippen molar-refractivity contribution in [2.75, 3.05) is 19.7 Å². The molecule has 1 atom stereocenters. The van der Waals surface area contributed by atoms with Crippen LogP contribution in [0.15, 0.2) is 84.5 Å². The molecule has 8 heteroatoms. The summed E-state index contributed by atoms with van der Waals surface area (Å²) in [4.78, 5) is 42.8. The van der Waals surface area contributed by atoms with Crippen LogP contribution in [0.5, 0.6) is 0 Å². The molecular formula is C31H31N3O5. The lowest BCUT2D eigenvalue weighted by Gasteiger charge is -2.32. The van der Waals surface area contributed by atoms with Crippen molar-refractivity contribution in [2.24, 2.45) is 0 Å². The number of hydrogen-bond donors (Lipinski definition) is 1. The van der Waals surface area contributed by atoms with E-state index in [1.54, 1.807) is 11.0 Å². The number of hydrogen-bond acceptors (Lipinski definition) is 5. The number of benzene rings is 2. The van der Waals surface area contributed by atoms with Crippen LogP contribution in [0, 0.1) is 0 Å². The molecule has 0 saturated carbocycles. The second-order valence-electron chi connectivity index (χ2n) is 10.0. The van der Waals surface area contributed by atoms with Crippen LogP contribution in [0.25, 0.3) is 16.5 Å². The molecule has 2 aromatic carbocycles. The normalized spacial score (nSPS) is 19.4. The molecule has 2 aliphatic rings. The minimum Gasteiger partial charge on any atom is -0.480 e. The molecule has 1 fully saturated rings. The van der Waals surface area contributed by atoms with Crippen molar-refractivity contribution >= 4 is 28.5 Å². The van der Waals surface area contributed by atoms with E-state index in [1.165, 1.54) is 6.33 Å². The van der Waals surface area contributed by atoms with Crippen molar-refractivity contribution in [3.8, 4) is 0 Å². The summed E-state index contributed by atoms with van der Waals surface area (Å²) in [6.07, 6.45) is 11.3. The summed E-state index contributed by atoms with van der Waals surface area (Å²) in [6.45, 7) is 5.16. The summed E-state index contributed by atoms with van der Waals surface area (Å²) in [7, 11) is 0. The molecule has 39 heavy (non-hydrogen) atoms. The number of allylic oxidation sites excluding steroid dienone is 5. The average Bonchev–Trinajstić information content (AvgIpc) is 3.02. The van der Waals surface area contributed by atoms with Crippen molar-refractivity contribution in [3.05, 3.63) is 107 Å². The van der Waals surface area contributed by atoms with Crippen LogP contribution >= 0.6 is 0 Å². The van der Waals surface area contributed by atoms with Gasteiger partial charge in [0, 0.05) is 19.0 Å². The molecule has 1 aliphatic heterocycles. The zero-order valence-electron chi connectivity index (χ0n) is 21.7. The zero-order chi connectivity index (χ0) is 27.4. The predicted octanol–water partition coefficient (Wildman–Crippen LogP) is 5.11.